The highest BCUT2D eigenvalue weighted by Crippen LogP contribution is 2.07. The molecule has 0 aliphatic rings. The highest BCUT2D eigenvalue weighted by atomic mass is 16.3. The summed E-state index contributed by atoms with van der Waals surface area (Å²) in [4.78, 5) is 7.59. The normalized spacial score (nSPS) is 11.4. The third kappa shape index (κ3) is 2.54. The van der Waals surface area contributed by atoms with Gasteiger partial charge in [-0.05, 0) is 29.8 Å². The number of benzene rings is 1. The van der Waals surface area contributed by atoms with E-state index in [4.69, 9.17) is 5.11 Å². The zero-order valence-electron chi connectivity index (χ0n) is 6.81. The van der Waals surface area contributed by atoms with Crippen LogP contribution < -0.4 is 0 Å². The van der Waals surface area contributed by atoms with Crippen LogP contribution in [-0.4, -0.2) is 24.7 Å². The van der Waals surface area contributed by atoms with Crippen LogP contribution in [0.2, 0.25) is 0 Å². The Morgan fingerprint density at radius 2 is 1.92 bits per heavy atom. The molecule has 0 aliphatic carbocycles. The molecule has 0 amide bonds. The minimum absolute atomic E-state index is 0.260. The minimum Gasteiger partial charge on any atom is -0.508 e. The number of aromatic hydroxyl groups is 1. The molecule has 1 N–H and O–H groups in total. The number of phenols is 1. The third-order valence-corrected chi connectivity index (χ3v) is 1.30. The number of hydrogen-bond acceptors (Lipinski definition) is 2. The Hall–Kier alpha value is -1.64. The van der Waals surface area contributed by atoms with E-state index >= 15 is 0 Å². The summed E-state index contributed by atoms with van der Waals surface area (Å²) in [6, 6.07) is 6.79. The minimum atomic E-state index is 0.260. The van der Waals surface area contributed by atoms with Gasteiger partial charge in [0.15, 0.2) is 0 Å². The van der Waals surface area contributed by atoms with Gasteiger partial charge in [-0.15, -0.1) is 0 Å². The van der Waals surface area contributed by atoms with E-state index in [1.807, 2.05) is 0 Å². The fraction of sp³-hybridized carbons (Fsp3) is 0.111. The molecule has 0 radical (unpaired) electrons. The van der Waals surface area contributed by atoms with Crippen molar-refractivity contribution in [3.8, 4) is 5.75 Å². The van der Waals surface area contributed by atoms with Crippen molar-refractivity contribution in [1.29, 1.82) is 0 Å². The van der Waals surface area contributed by atoms with E-state index in [1.54, 1.807) is 37.5 Å². The van der Waals surface area contributed by atoms with Gasteiger partial charge in [-0.1, -0.05) is 0 Å². The first-order valence-electron chi connectivity index (χ1n) is 3.56. The summed E-state index contributed by atoms with van der Waals surface area (Å²) in [5, 5.41) is 8.96. The van der Waals surface area contributed by atoms with Gasteiger partial charge in [0.25, 0.3) is 0 Å². The van der Waals surface area contributed by atoms with Crippen LogP contribution in [0.3, 0.4) is 0 Å². The van der Waals surface area contributed by atoms with Gasteiger partial charge < -0.3 is 5.11 Å². The highest BCUT2D eigenvalue weighted by Gasteiger charge is 1.86. The lowest BCUT2D eigenvalue weighted by molar-refractivity contribution is 0.475. The standard InChI is InChI=1S/C9H10N2O/c1-10-7-11-6-8-2-4-9(12)5-3-8/h2-7,12H,1H3. The van der Waals surface area contributed by atoms with Crippen LogP contribution in [0, 0.1) is 0 Å². The number of aliphatic imine (C=N–C) groups is 2. The average molecular weight is 162 g/mol. The smallest absolute Gasteiger partial charge is 0.115 e. The Bertz CT molecular complexity index is 288. The van der Waals surface area contributed by atoms with Crippen LogP contribution in [0.4, 0.5) is 0 Å². The molecule has 0 saturated heterocycles. The summed E-state index contributed by atoms with van der Waals surface area (Å²) >= 11 is 0. The largest absolute Gasteiger partial charge is 0.508 e. The van der Waals surface area contributed by atoms with Crippen molar-refractivity contribution in [3.05, 3.63) is 29.8 Å². The molecule has 0 saturated carbocycles. The third-order valence-electron chi connectivity index (χ3n) is 1.30. The summed E-state index contributed by atoms with van der Waals surface area (Å²) in [6.45, 7) is 0. The van der Waals surface area contributed by atoms with E-state index in [9.17, 15) is 0 Å². The van der Waals surface area contributed by atoms with Gasteiger partial charge in [0.1, 0.15) is 12.1 Å². The van der Waals surface area contributed by atoms with Crippen molar-refractivity contribution in [2.75, 3.05) is 7.05 Å². The summed E-state index contributed by atoms with van der Waals surface area (Å²) in [7, 11) is 1.66. The fourth-order valence-corrected chi connectivity index (χ4v) is 0.746. The monoisotopic (exact) mass is 162 g/mol. The molecule has 1 aromatic rings. The second kappa shape index (κ2) is 4.28. The SMILES string of the molecule is CN=CN=Cc1ccc(O)cc1. The van der Waals surface area contributed by atoms with Crippen molar-refractivity contribution in [2.45, 2.75) is 0 Å². The Kier molecular flexibility index (Phi) is 3.02. The second-order valence-corrected chi connectivity index (χ2v) is 2.24. The molecule has 0 unspecified atom stereocenters. The molecule has 0 aromatic heterocycles. The Balaban J connectivity index is 2.70. The number of phenolic OH excluding ortho intramolecular Hbond substituents is 1. The van der Waals surface area contributed by atoms with Gasteiger partial charge in [0.05, 0.1) is 0 Å². The molecule has 3 heteroatoms. The van der Waals surface area contributed by atoms with Crippen LogP contribution in [0.15, 0.2) is 34.3 Å². The molecule has 0 spiro atoms. The molecule has 12 heavy (non-hydrogen) atoms. The molecule has 62 valence electrons. The fourth-order valence-electron chi connectivity index (χ4n) is 0.746. The highest BCUT2D eigenvalue weighted by molar-refractivity contribution is 5.85. The Labute approximate surface area is 71.1 Å². The van der Waals surface area contributed by atoms with Crippen molar-refractivity contribution < 1.29 is 5.11 Å². The molecular formula is C9H10N2O. The van der Waals surface area contributed by atoms with Crippen LogP contribution in [-0.2, 0) is 0 Å². The lowest BCUT2D eigenvalue weighted by Crippen LogP contribution is -1.79. The van der Waals surface area contributed by atoms with Crippen molar-refractivity contribution in [2.24, 2.45) is 9.98 Å². The predicted octanol–water partition coefficient (Wildman–Crippen LogP) is 1.47. The van der Waals surface area contributed by atoms with Crippen LogP contribution in [0.25, 0.3) is 0 Å². The molecule has 0 atom stereocenters. The maximum Gasteiger partial charge on any atom is 0.115 e. The van der Waals surface area contributed by atoms with E-state index < -0.39 is 0 Å². The molecular weight excluding hydrogens is 152 g/mol. The topological polar surface area (TPSA) is 45.0 Å². The molecule has 0 heterocycles. The van der Waals surface area contributed by atoms with Crippen LogP contribution in [0.5, 0.6) is 5.75 Å². The van der Waals surface area contributed by atoms with Crippen molar-refractivity contribution in [1.82, 2.24) is 0 Å². The Morgan fingerprint density at radius 1 is 1.25 bits per heavy atom. The lowest BCUT2D eigenvalue weighted by atomic mass is 10.2. The molecule has 0 bridgehead atoms. The van der Waals surface area contributed by atoms with Gasteiger partial charge in [0, 0.05) is 13.3 Å². The van der Waals surface area contributed by atoms with E-state index in [0.717, 1.165) is 5.56 Å². The number of nitrogens with zero attached hydrogens (tertiary/aromatic N) is 2. The van der Waals surface area contributed by atoms with Crippen molar-refractivity contribution in [3.63, 3.8) is 0 Å². The van der Waals surface area contributed by atoms with E-state index in [0.29, 0.717) is 0 Å². The van der Waals surface area contributed by atoms with Gasteiger partial charge in [-0.2, -0.15) is 0 Å². The summed E-state index contributed by atoms with van der Waals surface area (Å²) in [5.41, 5.74) is 0.938. The maximum atomic E-state index is 8.96. The van der Waals surface area contributed by atoms with Gasteiger partial charge in [-0.3, -0.25) is 4.99 Å². The molecule has 0 fully saturated rings. The molecule has 1 aromatic carbocycles. The van der Waals surface area contributed by atoms with Gasteiger partial charge in [-0.25, -0.2) is 4.99 Å². The first-order valence-corrected chi connectivity index (χ1v) is 3.56. The number of rotatable bonds is 2. The van der Waals surface area contributed by atoms with E-state index in [2.05, 4.69) is 9.98 Å². The molecule has 3 nitrogen and oxygen atoms in total. The maximum absolute atomic E-state index is 8.96. The van der Waals surface area contributed by atoms with E-state index in [-0.39, 0.29) is 5.75 Å². The quantitative estimate of drug-likeness (QED) is 0.519. The molecule has 0 aliphatic heterocycles. The average Bonchev–Trinajstić information content (AvgIpc) is 2.09. The Morgan fingerprint density at radius 3 is 2.50 bits per heavy atom. The second-order valence-electron chi connectivity index (χ2n) is 2.24. The summed E-state index contributed by atoms with van der Waals surface area (Å²) < 4.78 is 0. The van der Waals surface area contributed by atoms with E-state index in [1.165, 1.54) is 6.34 Å². The first kappa shape index (κ1) is 8.46. The zero-order chi connectivity index (χ0) is 8.81. The number of hydrogen-bond donors (Lipinski definition) is 1. The van der Waals surface area contributed by atoms with Gasteiger partial charge >= 0.3 is 0 Å². The summed E-state index contributed by atoms with van der Waals surface area (Å²) in [5.74, 6) is 0.260. The zero-order valence-corrected chi connectivity index (χ0v) is 6.81. The van der Waals surface area contributed by atoms with Crippen molar-refractivity contribution >= 4 is 12.6 Å². The predicted molar refractivity (Wildman–Crippen MR) is 50.1 cm³/mol. The van der Waals surface area contributed by atoms with Crippen LogP contribution in [0.1, 0.15) is 5.56 Å². The van der Waals surface area contributed by atoms with Crippen LogP contribution >= 0.6 is 0 Å². The first-order chi connectivity index (χ1) is 5.83. The van der Waals surface area contributed by atoms with Gasteiger partial charge in [0.2, 0.25) is 0 Å². The summed E-state index contributed by atoms with van der Waals surface area (Å²) in [6.07, 6.45) is 3.14. The molecule has 1 rings (SSSR count). The lowest BCUT2D eigenvalue weighted by Gasteiger charge is -1.91.